The van der Waals surface area contributed by atoms with Gasteiger partial charge in [-0.2, -0.15) is 0 Å². The highest BCUT2D eigenvalue weighted by atomic mass is 16.6. The van der Waals surface area contributed by atoms with E-state index in [1.807, 2.05) is 0 Å². The average Bonchev–Trinajstić information content (AvgIpc) is 2.85. The molecule has 1 rings (SSSR count). The third kappa shape index (κ3) is 3.52. The summed E-state index contributed by atoms with van der Waals surface area (Å²) in [4.78, 5) is 31.6. The van der Waals surface area contributed by atoms with Crippen LogP contribution in [0.4, 0.5) is 5.88 Å². The molecule has 0 spiro atoms. The van der Waals surface area contributed by atoms with Gasteiger partial charge in [0.25, 0.3) is 0 Å². The van der Waals surface area contributed by atoms with Gasteiger partial charge in [0, 0.05) is 0 Å². The number of aliphatic hydroxyl groups is 1. The third-order valence-electron chi connectivity index (χ3n) is 2.19. The number of carbonyl (C=O) groups excluding carboxylic acids is 2. The van der Waals surface area contributed by atoms with E-state index in [2.05, 4.69) is 10.1 Å². The van der Waals surface area contributed by atoms with Crippen molar-refractivity contribution in [3.63, 3.8) is 0 Å². The maximum Gasteiger partial charge on any atom is 0.433 e. The second-order valence-electron chi connectivity index (χ2n) is 3.39. The SMILES string of the molecule is CCOC(=O)C(NC=O)C(O)c1ccc([N+](=O)[O-])o1. The van der Waals surface area contributed by atoms with Crippen LogP contribution in [0.25, 0.3) is 0 Å². The summed E-state index contributed by atoms with van der Waals surface area (Å²) in [5.41, 5.74) is 0. The fourth-order valence-corrected chi connectivity index (χ4v) is 1.36. The number of carbonyl (C=O) groups is 2. The Morgan fingerprint density at radius 3 is 2.84 bits per heavy atom. The zero-order chi connectivity index (χ0) is 14.4. The van der Waals surface area contributed by atoms with Crippen molar-refractivity contribution in [1.29, 1.82) is 0 Å². The van der Waals surface area contributed by atoms with Crippen LogP contribution in [-0.2, 0) is 14.3 Å². The van der Waals surface area contributed by atoms with Gasteiger partial charge in [-0.3, -0.25) is 14.9 Å². The number of nitro groups is 1. The molecule has 0 radical (unpaired) electrons. The van der Waals surface area contributed by atoms with Crippen molar-refractivity contribution in [2.45, 2.75) is 19.1 Å². The molecule has 1 aromatic heterocycles. The summed E-state index contributed by atoms with van der Waals surface area (Å²) in [6.45, 7) is 1.61. The van der Waals surface area contributed by atoms with Crippen molar-refractivity contribution in [3.05, 3.63) is 28.0 Å². The van der Waals surface area contributed by atoms with Crippen LogP contribution in [0.15, 0.2) is 16.5 Å². The predicted octanol–water partition coefficient (Wildman–Crippen LogP) is -0.101. The van der Waals surface area contributed by atoms with E-state index >= 15 is 0 Å². The quantitative estimate of drug-likeness (QED) is 0.306. The lowest BCUT2D eigenvalue weighted by molar-refractivity contribution is -0.402. The van der Waals surface area contributed by atoms with Crippen LogP contribution in [0.5, 0.6) is 0 Å². The van der Waals surface area contributed by atoms with Gasteiger partial charge in [0.1, 0.15) is 16.8 Å². The van der Waals surface area contributed by atoms with Crippen molar-refractivity contribution in [2.75, 3.05) is 6.61 Å². The van der Waals surface area contributed by atoms with Gasteiger partial charge in [-0.05, 0) is 13.0 Å². The average molecular weight is 272 g/mol. The van der Waals surface area contributed by atoms with E-state index in [0.717, 1.165) is 12.1 Å². The number of nitrogens with zero attached hydrogens (tertiary/aromatic N) is 1. The highest BCUT2D eigenvalue weighted by Gasteiger charge is 2.32. The highest BCUT2D eigenvalue weighted by Crippen LogP contribution is 2.24. The first kappa shape index (κ1) is 14.6. The fraction of sp³-hybridized carbons (Fsp3) is 0.400. The predicted molar refractivity (Wildman–Crippen MR) is 59.9 cm³/mol. The molecule has 0 saturated carbocycles. The van der Waals surface area contributed by atoms with Gasteiger partial charge in [0.15, 0.2) is 6.04 Å². The Labute approximate surface area is 107 Å². The van der Waals surface area contributed by atoms with Gasteiger partial charge in [0.05, 0.1) is 12.7 Å². The molecule has 9 heteroatoms. The molecule has 0 saturated heterocycles. The molecule has 1 heterocycles. The van der Waals surface area contributed by atoms with Gasteiger partial charge in [0.2, 0.25) is 6.41 Å². The van der Waals surface area contributed by atoms with Crippen molar-refractivity contribution >= 4 is 18.3 Å². The second-order valence-corrected chi connectivity index (χ2v) is 3.39. The number of hydrogen-bond donors (Lipinski definition) is 2. The largest absolute Gasteiger partial charge is 0.464 e. The zero-order valence-corrected chi connectivity index (χ0v) is 9.94. The zero-order valence-electron chi connectivity index (χ0n) is 9.94. The van der Waals surface area contributed by atoms with E-state index < -0.39 is 28.9 Å². The summed E-state index contributed by atoms with van der Waals surface area (Å²) >= 11 is 0. The van der Waals surface area contributed by atoms with Crippen LogP contribution in [0.1, 0.15) is 18.8 Å². The smallest absolute Gasteiger partial charge is 0.433 e. The molecule has 2 N–H and O–H groups in total. The highest BCUT2D eigenvalue weighted by molar-refractivity contribution is 5.79. The first-order chi connectivity index (χ1) is 9.01. The number of aliphatic hydroxyl groups excluding tert-OH is 1. The standard InChI is InChI=1S/C10H12N2O7/c1-2-18-10(15)8(11-5-13)9(14)6-3-4-7(19-6)12(16)17/h3-5,8-9,14H,2H2,1H3,(H,11,13). The lowest BCUT2D eigenvalue weighted by Gasteiger charge is -2.18. The van der Waals surface area contributed by atoms with Crippen LogP contribution in [-0.4, -0.2) is 35.1 Å². The van der Waals surface area contributed by atoms with E-state index in [0.29, 0.717) is 0 Å². The van der Waals surface area contributed by atoms with Gasteiger partial charge in [-0.1, -0.05) is 0 Å². The van der Waals surface area contributed by atoms with Crippen LogP contribution >= 0.6 is 0 Å². The van der Waals surface area contributed by atoms with Crippen molar-refractivity contribution in [3.8, 4) is 0 Å². The minimum atomic E-state index is -1.59. The van der Waals surface area contributed by atoms with E-state index in [1.54, 1.807) is 6.92 Å². The Hall–Kier alpha value is -2.42. The maximum atomic E-state index is 11.5. The molecule has 19 heavy (non-hydrogen) atoms. The molecule has 0 aromatic carbocycles. The van der Waals surface area contributed by atoms with Crippen molar-refractivity contribution in [1.82, 2.24) is 5.32 Å². The topological polar surface area (TPSA) is 132 Å². The molecule has 104 valence electrons. The third-order valence-corrected chi connectivity index (χ3v) is 2.19. The molecule has 2 unspecified atom stereocenters. The summed E-state index contributed by atoms with van der Waals surface area (Å²) in [5.74, 6) is -1.68. The molecule has 1 amide bonds. The Balaban J connectivity index is 2.91. The Morgan fingerprint density at radius 1 is 1.68 bits per heavy atom. The van der Waals surface area contributed by atoms with E-state index in [1.165, 1.54) is 0 Å². The monoisotopic (exact) mass is 272 g/mol. The first-order valence-corrected chi connectivity index (χ1v) is 5.29. The number of esters is 1. The lowest BCUT2D eigenvalue weighted by Crippen LogP contribution is -2.42. The van der Waals surface area contributed by atoms with Crippen molar-refractivity contribution in [2.24, 2.45) is 0 Å². The Bertz CT molecular complexity index is 470. The maximum absolute atomic E-state index is 11.5. The van der Waals surface area contributed by atoms with Gasteiger partial charge < -0.3 is 19.6 Å². The molecule has 0 aliphatic rings. The number of amides is 1. The number of hydrogen-bond acceptors (Lipinski definition) is 7. The minimum absolute atomic E-state index is 0.0564. The van der Waals surface area contributed by atoms with Gasteiger partial charge >= 0.3 is 11.9 Å². The number of nitrogens with one attached hydrogen (secondary N) is 1. The molecule has 0 aliphatic carbocycles. The summed E-state index contributed by atoms with van der Waals surface area (Å²) < 4.78 is 9.41. The molecule has 1 aromatic rings. The normalized spacial score (nSPS) is 13.4. The molecular weight excluding hydrogens is 260 g/mol. The van der Waals surface area contributed by atoms with Crippen LogP contribution < -0.4 is 5.32 Å². The molecule has 0 fully saturated rings. The molecule has 9 nitrogen and oxygen atoms in total. The molecule has 2 atom stereocenters. The van der Waals surface area contributed by atoms with Crippen LogP contribution in [0.3, 0.4) is 0 Å². The number of rotatable bonds is 7. The summed E-state index contributed by atoms with van der Waals surface area (Å²) in [6, 6.07) is 0.770. The molecule has 0 bridgehead atoms. The molecular formula is C10H12N2O7. The summed E-state index contributed by atoms with van der Waals surface area (Å²) in [6.07, 6.45) is -1.37. The number of ether oxygens (including phenoxy) is 1. The minimum Gasteiger partial charge on any atom is -0.464 e. The van der Waals surface area contributed by atoms with E-state index in [9.17, 15) is 24.8 Å². The van der Waals surface area contributed by atoms with Crippen LogP contribution in [0, 0.1) is 10.1 Å². The van der Waals surface area contributed by atoms with Crippen molar-refractivity contribution < 1.29 is 28.8 Å². The first-order valence-electron chi connectivity index (χ1n) is 5.29. The number of furan rings is 1. The van der Waals surface area contributed by atoms with E-state index in [4.69, 9.17) is 4.42 Å². The Morgan fingerprint density at radius 2 is 2.37 bits per heavy atom. The fourth-order valence-electron chi connectivity index (χ4n) is 1.36. The van der Waals surface area contributed by atoms with E-state index in [-0.39, 0.29) is 18.8 Å². The summed E-state index contributed by atoms with van der Waals surface area (Å²) in [5, 5.41) is 22.4. The van der Waals surface area contributed by atoms with Crippen LogP contribution in [0.2, 0.25) is 0 Å². The Kier molecular flexibility index (Phi) is 5.01. The van der Waals surface area contributed by atoms with Gasteiger partial charge in [-0.15, -0.1) is 0 Å². The summed E-state index contributed by atoms with van der Waals surface area (Å²) in [7, 11) is 0. The van der Waals surface area contributed by atoms with Gasteiger partial charge in [-0.25, -0.2) is 4.79 Å². The molecule has 0 aliphatic heterocycles. The second kappa shape index (κ2) is 6.50. The lowest BCUT2D eigenvalue weighted by atomic mass is 10.1.